The molecule has 0 unspecified atom stereocenters. The molecule has 1 aromatic heterocycles. The first-order valence-electron chi connectivity index (χ1n) is 6.51. The molecule has 0 amide bonds. The van der Waals surface area contributed by atoms with E-state index in [2.05, 4.69) is 4.98 Å². The largest absolute Gasteiger partial charge is 0.245 e. The van der Waals surface area contributed by atoms with E-state index in [4.69, 9.17) is 5.26 Å². The Morgan fingerprint density at radius 1 is 1.16 bits per heavy atom. The highest BCUT2D eigenvalue weighted by Crippen LogP contribution is 2.21. The van der Waals surface area contributed by atoms with E-state index in [9.17, 15) is 8.42 Å². The summed E-state index contributed by atoms with van der Waals surface area (Å²) in [5.74, 6) is 0. The maximum absolute atomic E-state index is 12.6. The highest BCUT2D eigenvalue weighted by atomic mass is 32.2. The molecule has 1 aliphatic rings. The number of aromatic nitrogens is 1. The lowest BCUT2D eigenvalue weighted by atomic mass is 10.1. The van der Waals surface area contributed by atoms with Crippen molar-refractivity contribution < 1.29 is 8.42 Å². The maximum atomic E-state index is 12.6. The summed E-state index contributed by atoms with van der Waals surface area (Å²) in [7, 11) is -3.60. The van der Waals surface area contributed by atoms with E-state index in [0.29, 0.717) is 13.1 Å². The van der Waals surface area contributed by atoms with Crippen molar-refractivity contribution in [2.75, 3.05) is 13.1 Å². The molecular formula is C13H17N3O2S. The van der Waals surface area contributed by atoms with Crippen LogP contribution in [0.25, 0.3) is 0 Å². The van der Waals surface area contributed by atoms with Gasteiger partial charge in [-0.25, -0.2) is 13.4 Å². The Morgan fingerprint density at radius 2 is 1.79 bits per heavy atom. The third kappa shape index (κ3) is 3.11. The summed E-state index contributed by atoms with van der Waals surface area (Å²) in [5, 5.41) is 8.99. The minimum Gasteiger partial charge on any atom is -0.244 e. The second-order valence-electron chi connectivity index (χ2n) is 4.63. The molecule has 0 aliphatic carbocycles. The maximum Gasteiger partial charge on any atom is 0.245 e. The molecule has 0 radical (unpaired) electrons. The van der Waals surface area contributed by atoms with Crippen LogP contribution in [-0.2, 0) is 10.0 Å². The summed E-state index contributed by atoms with van der Waals surface area (Å²) < 4.78 is 26.6. The summed E-state index contributed by atoms with van der Waals surface area (Å²) in [4.78, 5) is 3.86. The third-order valence-corrected chi connectivity index (χ3v) is 5.24. The van der Waals surface area contributed by atoms with Gasteiger partial charge in [-0.2, -0.15) is 9.57 Å². The predicted octanol–water partition coefficient (Wildman–Crippen LogP) is 1.91. The van der Waals surface area contributed by atoms with Gasteiger partial charge in [0, 0.05) is 19.3 Å². The van der Waals surface area contributed by atoms with E-state index in [1.54, 1.807) is 6.07 Å². The minimum atomic E-state index is -3.60. The van der Waals surface area contributed by atoms with Crippen molar-refractivity contribution in [3.05, 3.63) is 24.0 Å². The molecule has 6 heteroatoms. The Labute approximate surface area is 113 Å². The van der Waals surface area contributed by atoms with Crippen molar-refractivity contribution in [1.82, 2.24) is 9.29 Å². The Morgan fingerprint density at radius 3 is 2.42 bits per heavy atom. The van der Waals surface area contributed by atoms with Crippen molar-refractivity contribution in [3.8, 4) is 6.07 Å². The van der Waals surface area contributed by atoms with Gasteiger partial charge in [-0.05, 0) is 25.0 Å². The van der Waals surface area contributed by atoms with E-state index in [0.717, 1.165) is 25.7 Å². The van der Waals surface area contributed by atoms with Crippen molar-refractivity contribution in [2.24, 2.45) is 0 Å². The summed E-state index contributed by atoms with van der Waals surface area (Å²) in [6, 6.07) is 4.86. The molecule has 0 saturated carbocycles. The number of rotatable bonds is 2. The monoisotopic (exact) mass is 279 g/mol. The van der Waals surface area contributed by atoms with Gasteiger partial charge in [-0.1, -0.05) is 19.3 Å². The summed E-state index contributed by atoms with van der Waals surface area (Å²) in [6.07, 6.45) is 6.48. The van der Waals surface area contributed by atoms with E-state index < -0.39 is 10.0 Å². The molecule has 5 nitrogen and oxygen atoms in total. The highest BCUT2D eigenvalue weighted by Gasteiger charge is 2.27. The molecule has 1 fully saturated rings. The fourth-order valence-electron chi connectivity index (χ4n) is 2.28. The summed E-state index contributed by atoms with van der Waals surface area (Å²) in [5.41, 5.74) is -0.0236. The normalized spacial score (nSPS) is 18.3. The van der Waals surface area contributed by atoms with E-state index in [-0.39, 0.29) is 10.6 Å². The van der Waals surface area contributed by atoms with Gasteiger partial charge >= 0.3 is 0 Å². The number of pyridine rings is 1. The molecule has 0 aromatic carbocycles. The van der Waals surface area contributed by atoms with Crippen LogP contribution in [0.15, 0.2) is 23.2 Å². The average Bonchev–Trinajstić information content (AvgIpc) is 2.37. The predicted molar refractivity (Wildman–Crippen MR) is 70.8 cm³/mol. The van der Waals surface area contributed by atoms with Crippen LogP contribution in [0, 0.1) is 11.3 Å². The Bertz CT molecular complexity index is 570. The molecule has 102 valence electrons. The van der Waals surface area contributed by atoms with Crippen LogP contribution in [-0.4, -0.2) is 30.8 Å². The van der Waals surface area contributed by atoms with Crippen LogP contribution in [0.1, 0.15) is 37.8 Å². The van der Waals surface area contributed by atoms with Crippen LogP contribution >= 0.6 is 0 Å². The number of sulfonamides is 1. The van der Waals surface area contributed by atoms with Gasteiger partial charge in [-0.15, -0.1) is 0 Å². The van der Waals surface area contributed by atoms with Gasteiger partial charge < -0.3 is 0 Å². The number of nitrogens with zero attached hydrogens (tertiary/aromatic N) is 3. The van der Waals surface area contributed by atoms with Gasteiger partial charge in [0.1, 0.15) is 11.0 Å². The van der Waals surface area contributed by atoms with Gasteiger partial charge in [0.25, 0.3) is 0 Å². The lowest BCUT2D eigenvalue weighted by Crippen LogP contribution is -2.34. The molecular weight excluding hydrogens is 262 g/mol. The molecule has 2 rings (SSSR count). The first-order chi connectivity index (χ1) is 9.16. The van der Waals surface area contributed by atoms with Crippen molar-refractivity contribution >= 4 is 10.0 Å². The molecule has 1 aliphatic heterocycles. The van der Waals surface area contributed by atoms with E-state index >= 15 is 0 Å². The van der Waals surface area contributed by atoms with Crippen molar-refractivity contribution in [3.63, 3.8) is 0 Å². The zero-order valence-electron chi connectivity index (χ0n) is 10.7. The zero-order chi connectivity index (χ0) is 13.7. The lowest BCUT2D eigenvalue weighted by molar-refractivity contribution is 0.364. The first kappa shape index (κ1) is 14.0. The standard InChI is InChI=1S/C13H17N3O2S/c14-11-12-13(7-6-8-15-12)19(17,18)16-9-4-2-1-3-5-10-16/h6-8H,1-5,9-10H2. The lowest BCUT2D eigenvalue weighted by Gasteiger charge is -2.24. The molecule has 1 saturated heterocycles. The third-order valence-electron chi connectivity index (χ3n) is 3.31. The van der Waals surface area contributed by atoms with Gasteiger partial charge in [-0.3, -0.25) is 0 Å². The fraction of sp³-hybridized carbons (Fsp3) is 0.538. The number of hydrogen-bond acceptors (Lipinski definition) is 4. The second-order valence-corrected chi connectivity index (χ2v) is 6.54. The number of nitriles is 1. The Hall–Kier alpha value is -1.45. The highest BCUT2D eigenvalue weighted by molar-refractivity contribution is 7.89. The molecule has 19 heavy (non-hydrogen) atoms. The average molecular weight is 279 g/mol. The van der Waals surface area contributed by atoms with E-state index in [1.165, 1.54) is 23.0 Å². The fourth-order valence-corrected chi connectivity index (χ4v) is 3.89. The van der Waals surface area contributed by atoms with E-state index in [1.807, 2.05) is 6.07 Å². The summed E-state index contributed by atoms with van der Waals surface area (Å²) in [6.45, 7) is 1.06. The Balaban J connectivity index is 2.32. The summed E-state index contributed by atoms with van der Waals surface area (Å²) >= 11 is 0. The first-order valence-corrected chi connectivity index (χ1v) is 7.95. The molecule has 0 spiro atoms. The van der Waals surface area contributed by atoms with Crippen LogP contribution in [0.2, 0.25) is 0 Å². The molecule has 1 aromatic rings. The minimum absolute atomic E-state index is 0.0236. The van der Waals surface area contributed by atoms with Gasteiger partial charge in [0.15, 0.2) is 5.69 Å². The molecule has 0 N–H and O–H groups in total. The van der Waals surface area contributed by atoms with Crippen LogP contribution in [0.3, 0.4) is 0 Å². The van der Waals surface area contributed by atoms with Gasteiger partial charge in [0.05, 0.1) is 0 Å². The molecule has 0 atom stereocenters. The SMILES string of the molecule is N#Cc1ncccc1S(=O)(=O)N1CCCCCCC1. The topological polar surface area (TPSA) is 74.1 Å². The molecule has 2 heterocycles. The van der Waals surface area contributed by atoms with Gasteiger partial charge in [0.2, 0.25) is 10.0 Å². The second kappa shape index (κ2) is 6.13. The van der Waals surface area contributed by atoms with Crippen LogP contribution < -0.4 is 0 Å². The van der Waals surface area contributed by atoms with Crippen molar-refractivity contribution in [1.29, 1.82) is 5.26 Å². The Kier molecular flexibility index (Phi) is 4.51. The quantitative estimate of drug-likeness (QED) is 0.828. The zero-order valence-corrected chi connectivity index (χ0v) is 11.6. The van der Waals surface area contributed by atoms with Crippen LogP contribution in [0.4, 0.5) is 0 Å². The smallest absolute Gasteiger partial charge is 0.244 e. The van der Waals surface area contributed by atoms with Crippen LogP contribution in [0.5, 0.6) is 0 Å². The number of hydrogen-bond donors (Lipinski definition) is 0. The van der Waals surface area contributed by atoms with Crippen molar-refractivity contribution in [2.45, 2.75) is 37.0 Å². The molecule has 0 bridgehead atoms.